The maximum Gasteiger partial charge on any atom is 0.416 e. The second-order valence-corrected chi connectivity index (χ2v) is 7.47. The Hall–Kier alpha value is -3.19. The first-order valence-electron chi connectivity index (χ1n) is 8.67. The number of halogens is 5. The van der Waals surface area contributed by atoms with Crippen LogP contribution in [0.2, 0.25) is 0 Å². The van der Waals surface area contributed by atoms with Crippen molar-refractivity contribution in [1.29, 1.82) is 0 Å². The van der Waals surface area contributed by atoms with E-state index in [-0.39, 0.29) is 22.2 Å². The number of anilines is 1. The molecule has 13 heteroatoms. The van der Waals surface area contributed by atoms with Crippen molar-refractivity contribution in [1.82, 2.24) is 10.2 Å². The second-order valence-electron chi connectivity index (χ2n) is 6.49. The number of nitrogens with one attached hydrogen (secondary N) is 1. The van der Waals surface area contributed by atoms with E-state index in [1.54, 1.807) is 0 Å². The molecule has 3 rings (SSSR count). The highest BCUT2D eigenvalue weighted by atomic mass is 32.1. The Morgan fingerprint density at radius 1 is 1.13 bits per heavy atom. The van der Waals surface area contributed by atoms with E-state index in [2.05, 4.69) is 15.5 Å². The highest BCUT2D eigenvalue weighted by Crippen LogP contribution is 2.32. The minimum Gasteiger partial charge on any atom is -0.359 e. The molecule has 31 heavy (non-hydrogen) atoms. The van der Waals surface area contributed by atoms with Gasteiger partial charge in [0.25, 0.3) is 0 Å². The first-order valence-corrected chi connectivity index (χ1v) is 9.49. The summed E-state index contributed by atoms with van der Waals surface area (Å²) in [6, 6.07) is 5.31. The number of nitro benzene ring substituents is 1. The molecule has 0 aliphatic heterocycles. The number of nitrogens with zero attached hydrogens (tertiary/aromatic N) is 3. The SMILES string of the molecule is N[C@H](CNc1nnc(-c2cc(F)c([N+](=O)[O-])cc2F)s1)Cc1ccc(C(F)(F)F)cc1. The van der Waals surface area contributed by atoms with Crippen molar-refractivity contribution >= 4 is 22.2 Å². The summed E-state index contributed by atoms with van der Waals surface area (Å²) < 4.78 is 65.7. The van der Waals surface area contributed by atoms with Gasteiger partial charge in [-0.3, -0.25) is 10.1 Å². The molecule has 2 aromatic carbocycles. The lowest BCUT2D eigenvalue weighted by Crippen LogP contribution is -2.31. The Balaban J connectivity index is 1.61. The fourth-order valence-electron chi connectivity index (χ4n) is 2.67. The van der Waals surface area contributed by atoms with Crippen LogP contribution in [0, 0.1) is 21.7 Å². The highest BCUT2D eigenvalue weighted by molar-refractivity contribution is 7.18. The summed E-state index contributed by atoms with van der Waals surface area (Å²) in [7, 11) is 0. The molecule has 3 aromatic rings. The summed E-state index contributed by atoms with van der Waals surface area (Å²) in [5, 5.41) is 21.3. The van der Waals surface area contributed by atoms with Gasteiger partial charge in [0.05, 0.1) is 22.1 Å². The van der Waals surface area contributed by atoms with E-state index >= 15 is 0 Å². The Labute approximate surface area is 175 Å². The standard InChI is InChI=1S/C18H14F5N5O2S/c19-13-7-15(28(29)30)14(20)6-12(13)16-26-27-17(31-16)25-8-11(24)5-9-1-3-10(4-2-9)18(21,22)23/h1-4,6-7,11H,5,8,24H2,(H,25,27)/t11-/m0/s1. The largest absolute Gasteiger partial charge is 0.416 e. The van der Waals surface area contributed by atoms with Gasteiger partial charge in [0.2, 0.25) is 10.9 Å². The Bertz CT molecular complexity index is 1090. The van der Waals surface area contributed by atoms with Gasteiger partial charge in [-0.25, -0.2) is 4.39 Å². The zero-order valence-electron chi connectivity index (χ0n) is 15.5. The van der Waals surface area contributed by atoms with Gasteiger partial charge in [-0.1, -0.05) is 23.5 Å². The average molecular weight is 459 g/mol. The third-order valence-electron chi connectivity index (χ3n) is 4.18. The number of rotatable bonds is 7. The minimum atomic E-state index is -4.41. The van der Waals surface area contributed by atoms with Crippen LogP contribution in [0.25, 0.3) is 10.6 Å². The van der Waals surface area contributed by atoms with Crippen molar-refractivity contribution in [2.45, 2.75) is 18.6 Å². The molecule has 0 bridgehead atoms. The van der Waals surface area contributed by atoms with Crippen molar-refractivity contribution in [2.24, 2.45) is 5.73 Å². The van der Waals surface area contributed by atoms with Crippen LogP contribution in [-0.2, 0) is 12.6 Å². The normalized spacial score (nSPS) is 12.6. The molecular formula is C18H14F5N5O2S. The van der Waals surface area contributed by atoms with Crippen molar-refractivity contribution in [3.63, 3.8) is 0 Å². The number of alkyl halides is 3. The average Bonchev–Trinajstić information content (AvgIpc) is 3.16. The predicted octanol–water partition coefficient (Wildman–Crippen LogP) is 4.39. The highest BCUT2D eigenvalue weighted by Gasteiger charge is 2.30. The summed E-state index contributed by atoms with van der Waals surface area (Å²) in [6.07, 6.45) is -4.12. The first kappa shape index (κ1) is 22.5. The lowest BCUT2D eigenvalue weighted by molar-refractivity contribution is -0.387. The maximum absolute atomic E-state index is 14.1. The fraction of sp³-hybridized carbons (Fsp3) is 0.222. The van der Waals surface area contributed by atoms with Gasteiger partial charge in [-0.05, 0) is 30.2 Å². The van der Waals surface area contributed by atoms with Gasteiger partial charge in [-0.2, -0.15) is 17.6 Å². The van der Waals surface area contributed by atoms with Crippen LogP contribution >= 0.6 is 11.3 Å². The zero-order chi connectivity index (χ0) is 22.8. The number of aromatic nitrogens is 2. The molecule has 3 N–H and O–H groups in total. The number of hydrogen-bond donors (Lipinski definition) is 2. The van der Waals surface area contributed by atoms with Gasteiger partial charge in [-0.15, -0.1) is 10.2 Å². The smallest absolute Gasteiger partial charge is 0.359 e. The van der Waals surface area contributed by atoms with Crippen molar-refractivity contribution in [2.75, 3.05) is 11.9 Å². The minimum absolute atomic E-state index is 0.00473. The summed E-state index contributed by atoms with van der Waals surface area (Å²) >= 11 is 0.886. The number of benzene rings is 2. The molecular weight excluding hydrogens is 445 g/mol. The molecule has 0 spiro atoms. The maximum atomic E-state index is 14.1. The van der Waals surface area contributed by atoms with E-state index in [4.69, 9.17) is 5.73 Å². The molecule has 1 heterocycles. The lowest BCUT2D eigenvalue weighted by Gasteiger charge is -2.13. The molecule has 7 nitrogen and oxygen atoms in total. The molecule has 0 amide bonds. The van der Waals surface area contributed by atoms with Gasteiger partial charge < -0.3 is 11.1 Å². The quantitative estimate of drug-likeness (QED) is 0.308. The molecule has 0 aliphatic carbocycles. The van der Waals surface area contributed by atoms with E-state index in [9.17, 15) is 32.1 Å². The van der Waals surface area contributed by atoms with E-state index in [0.717, 1.165) is 23.5 Å². The third kappa shape index (κ3) is 5.49. The number of nitro groups is 1. The van der Waals surface area contributed by atoms with Crippen LogP contribution in [0.15, 0.2) is 36.4 Å². The van der Waals surface area contributed by atoms with Gasteiger partial charge in [0, 0.05) is 12.6 Å². The topological polar surface area (TPSA) is 107 Å². The predicted molar refractivity (Wildman–Crippen MR) is 104 cm³/mol. The van der Waals surface area contributed by atoms with Gasteiger partial charge in [0.15, 0.2) is 5.01 Å². The second kappa shape index (κ2) is 8.89. The Morgan fingerprint density at radius 2 is 1.81 bits per heavy atom. The van der Waals surface area contributed by atoms with E-state index in [1.165, 1.54) is 12.1 Å². The van der Waals surface area contributed by atoms with E-state index < -0.39 is 40.0 Å². The summed E-state index contributed by atoms with van der Waals surface area (Å²) in [4.78, 5) is 9.63. The van der Waals surface area contributed by atoms with E-state index in [1.807, 2.05) is 0 Å². The van der Waals surface area contributed by atoms with Crippen LogP contribution < -0.4 is 11.1 Å². The molecule has 0 aliphatic rings. The molecule has 0 saturated heterocycles. The van der Waals surface area contributed by atoms with Crippen molar-refractivity contribution in [3.8, 4) is 10.6 Å². The van der Waals surface area contributed by atoms with Crippen LogP contribution in [-0.4, -0.2) is 27.7 Å². The monoisotopic (exact) mass is 459 g/mol. The first-order chi connectivity index (χ1) is 14.5. The molecule has 1 aromatic heterocycles. The Morgan fingerprint density at radius 3 is 2.42 bits per heavy atom. The zero-order valence-corrected chi connectivity index (χ0v) is 16.3. The van der Waals surface area contributed by atoms with Gasteiger partial charge >= 0.3 is 11.9 Å². The number of nitrogens with two attached hydrogens (primary N) is 1. The summed E-state index contributed by atoms with van der Waals surface area (Å²) in [6.45, 7) is 0.187. The van der Waals surface area contributed by atoms with Crippen LogP contribution in [0.5, 0.6) is 0 Å². The Kier molecular flexibility index (Phi) is 6.45. The molecule has 0 unspecified atom stereocenters. The van der Waals surface area contributed by atoms with E-state index in [0.29, 0.717) is 24.1 Å². The van der Waals surface area contributed by atoms with Gasteiger partial charge in [0.1, 0.15) is 5.82 Å². The molecule has 164 valence electrons. The van der Waals surface area contributed by atoms with Crippen molar-refractivity contribution < 1.29 is 26.9 Å². The summed E-state index contributed by atoms with van der Waals surface area (Å²) in [5.41, 5.74) is 4.58. The van der Waals surface area contributed by atoms with Crippen LogP contribution in [0.1, 0.15) is 11.1 Å². The summed E-state index contributed by atoms with van der Waals surface area (Å²) in [5.74, 6) is -2.22. The fourth-order valence-corrected chi connectivity index (χ4v) is 3.44. The van der Waals surface area contributed by atoms with Crippen molar-refractivity contribution in [3.05, 3.63) is 69.3 Å². The number of hydrogen-bond acceptors (Lipinski definition) is 7. The molecule has 1 atom stereocenters. The lowest BCUT2D eigenvalue weighted by atomic mass is 10.0. The molecule has 0 radical (unpaired) electrons. The van der Waals surface area contributed by atoms with Crippen LogP contribution in [0.3, 0.4) is 0 Å². The third-order valence-corrected chi connectivity index (χ3v) is 5.10. The molecule has 0 fully saturated rings. The van der Waals surface area contributed by atoms with Crippen LogP contribution in [0.4, 0.5) is 32.8 Å². The molecule has 0 saturated carbocycles.